The monoisotopic (exact) mass is 279 g/mol. The van der Waals surface area contributed by atoms with E-state index in [1.807, 2.05) is 12.4 Å². The number of aromatic nitrogens is 5. The van der Waals surface area contributed by atoms with Crippen LogP contribution in [0.15, 0.2) is 5.38 Å². The van der Waals surface area contributed by atoms with E-state index in [0.29, 0.717) is 11.7 Å². The summed E-state index contributed by atoms with van der Waals surface area (Å²) >= 11 is 1.32. The molecule has 102 valence electrons. The molecule has 8 heteroatoms. The van der Waals surface area contributed by atoms with Crippen LogP contribution in [0.1, 0.15) is 12.8 Å². The summed E-state index contributed by atoms with van der Waals surface area (Å²) in [5, 5.41) is 16.3. The van der Waals surface area contributed by atoms with Gasteiger partial charge in [0.2, 0.25) is 5.95 Å². The van der Waals surface area contributed by atoms with Crippen LogP contribution in [0.3, 0.4) is 0 Å². The Balaban J connectivity index is 1.72. The Morgan fingerprint density at radius 2 is 2.53 bits per heavy atom. The fraction of sp³-hybridized carbons (Fsp3) is 0.636. The lowest BCUT2D eigenvalue weighted by Gasteiger charge is -2.31. The molecular formula is C11H17N7S. The highest BCUT2D eigenvalue weighted by molar-refractivity contribution is 7.03. The molecule has 2 N–H and O–H groups in total. The Labute approximate surface area is 115 Å². The normalized spacial score (nSPS) is 19.8. The van der Waals surface area contributed by atoms with Gasteiger partial charge in [0.05, 0.1) is 0 Å². The Morgan fingerprint density at radius 1 is 1.58 bits per heavy atom. The third kappa shape index (κ3) is 2.74. The smallest absolute Gasteiger partial charge is 0.245 e. The average Bonchev–Trinajstić information content (AvgIpc) is 3.11. The fourth-order valence-electron chi connectivity index (χ4n) is 2.48. The predicted octanol–water partition coefficient (Wildman–Crippen LogP) is 0.759. The lowest BCUT2D eigenvalue weighted by molar-refractivity contribution is 0.399. The van der Waals surface area contributed by atoms with Crippen molar-refractivity contribution >= 4 is 17.5 Å². The molecule has 1 fully saturated rings. The summed E-state index contributed by atoms with van der Waals surface area (Å²) in [4.78, 5) is 6.76. The molecule has 0 aromatic carbocycles. The van der Waals surface area contributed by atoms with Gasteiger partial charge in [0.25, 0.3) is 0 Å². The van der Waals surface area contributed by atoms with Crippen LogP contribution in [0.4, 0.5) is 5.95 Å². The van der Waals surface area contributed by atoms with Crippen molar-refractivity contribution in [2.24, 2.45) is 5.92 Å². The second-order valence-electron chi connectivity index (χ2n) is 4.79. The number of piperidine rings is 1. The third-order valence-corrected chi connectivity index (χ3v) is 3.88. The van der Waals surface area contributed by atoms with Crippen molar-refractivity contribution in [3.05, 3.63) is 5.38 Å². The minimum Gasteiger partial charge on any atom is -0.339 e. The molecule has 3 rings (SSSR count). The number of aromatic amines is 1. The first-order valence-electron chi connectivity index (χ1n) is 6.46. The summed E-state index contributed by atoms with van der Waals surface area (Å²) in [5.74, 6) is 2.13. The topological polar surface area (TPSA) is 82.6 Å². The molecule has 1 atom stereocenters. The summed E-state index contributed by atoms with van der Waals surface area (Å²) in [7, 11) is 2.00. The minimum atomic E-state index is 0.668. The molecule has 1 aliphatic heterocycles. The summed E-state index contributed by atoms with van der Waals surface area (Å²) < 4.78 is 3.84. The molecular weight excluding hydrogens is 262 g/mol. The number of nitrogens with one attached hydrogen (secondary N) is 2. The standard InChI is InChI=1S/C11H17N7S/c1-12-5-8-3-2-4-18(6-8)11-13-10(15-16-11)9-7-19-17-14-9/h7-8,12H,2-6H2,1H3,(H,13,15,16). The zero-order valence-electron chi connectivity index (χ0n) is 10.8. The van der Waals surface area contributed by atoms with Crippen molar-refractivity contribution in [1.29, 1.82) is 0 Å². The van der Waals surface area contributed by atoms with E-state index in [0.717, 1.165) is 31.3 Å². The van der Waals surface area contributed by atoms with Crippen LogP contribution in [0, 0.1) is 5.92 Å². The van der Waals surface area contributed by atoms with E-state index in [4.69, 9.17) is 0 Å². The first-order valence-corrected chi connectivity index (χ1v) is 7.30. The van der Waals surface area contributed by atoms with Gasteiger partial charge in [-0.3, -0.25) is 5.10 Å². The fourth-order valence-corrected chi connectivity index (χ4v) is 2.92. The van der Waals surface area contributed by atoms with Crippen LogP contribution in [0.5, 0.6) is 0 Å². The van der Waals surface area contributed by atoms with Gasteiger partial charge in [-0.25, -0.2) is 0 Å². The summed E-state index contributed by atoms with van der Waals surface area (Å²) in [6.07, 6.45) is 2.46. The van der Waals surface area contributed by atoms with Crippen molar-refractivity contribution in [2.75, 3.05) is 31.6 Å². The van der Waals surface area contributed by atoms with Crippen LogP contribution in [-0.4, -0.2) is 51.5 Å². The van der Waals surface area contributed by atoms with Gasteiger partial charge in [-0.2, -0.15) is 4.98 Å². The predicted molar refractivity (Wildman–Crippen MR) is 74.1 cm³/mol. The van der Waals surface area contributed by atoms with Crippen molar-refractivity contribution in [3.63, 3.8) is 0 Å². The zero-order chi connectivity index (χ0) is 13.1. The van der Waals surface area contributed by atoms with Crippen molar-refractivity contribution in [1.82, 2.24) is 30.1 Å². The van der Waals surface area contributed by atoms with Crippen molar-refractivity contribution < 1.29 is 0 Å². The molecule has 1 saturated heterocycles. The second-order valence-corrected chi connectivity index (χ2v) is 5.40. The van der Waals surface area contributed by atoms with E-state index in [-0.39, 0.29) is 0 Å². The maximum Gasteiger partial charge on any atom is 0.245 e. The van der Waals surface area contributed by atoms with Crippen LogP contribution in [-0.2, 0) is 0 Å². The largest absolute Gasteiger partial charge is 0.339 e. The highest BCUT2D eigenvalue weighted by atomic mass is 32.1. The zero-order valence-corrected chi connectivity index (χ0v) is 11.7. The number of hydrogen-bond acceptors (Lipinski definition) is 7. The van der Waals surface area contributed by atoms with E-state index in [1.54, 1.807) is 0 Å². The molecule has 0 spiro atoms. The molecule has 1 unspecified atom stereocenters. The maximum atomic E-state index is 4.51. The van der Waals surface area contributed by atoms with Gasteiger partial charge < -0.3 is 10.2 Å². The van der Waals surface area contributed by atoms with Gasteiger partial charge in [-0.15, -0.1) is 10.2 Å². The van der Waals surface area contributed by atoms with E-state index in [9.17, 15) is 0 Å². The lowest BCUT2D eigenvalue weighted by Crippen LogP contribution is -2.39. The highest BCUT2D eigenvalue weighted by Crippen LogP contribution is 2.22. The number of H-pyrrole nitrogens is 1. The SMILES string of the molecule is CNCC1CCCN(c2n[nH]c(-c3csnn3)n2)C1. The van der Waals surface area contributed by atoms with Crippen molar-refractivity contribution in [3.8, 4) is 11.5 Å². The summed E-state index contributed by atoms with van der Waals surface area (Å²) in [6.45, 7) is 3.07. The number of rotatable bonds is 4. The molecule has 0 saturated carbocycles. The van der Waals surface area contributed by atoms with Gasteiger partial charge >= 0.3 is 0 Å². The van der Waals surface area contributed by atoms with Gasteiger partial charge in [0, 0.05) is 18.5 Å². The Hall–Kier alpha value is -1.54. The highest BCUT2D eigenvalue weighted by Gasteiger charge is 2.22. The molecule has 7 nitrogen and oxygen atoms in total. The Bertz CT molecular complexity index is 507. The molecule has 2 aromatic rings. The quantitative estimate of drug-likeness (QED) is 0.860. The van der Waals surface area contributed by atoms with Gasteiger partial charge in [0.1, 0.15) is 5.69 Å². The maximum absolute atomic E-state index is 4.51. The van der Waals surface area contributed by atoms with E-state index >= 15 is 0 Å². The van der Waals surface area contributed by atoms with Gasteiger partial charge in [0.15, 0.2) is 5.82 Å². The van der Waals surface area contributed by atoms with Crippen LogP contribution < -0.4 is 10.2 Å². The average molecular weight is 279 g/mol. The van der Waals surface area contributed by atoms with Crippen LogP contribution in [0.2, 0.25) is 0 Å². The minimum absolute atomic E-state index is 0.668. The van der Waals surface area contributed by atoms with E-state index < -0.39 is 0 Å². The first kappa shape index (κ1) is 12.5. The lowest BCUT2D eigenvalue weighted by atomic mass is 9.98. The molecule has 2 aromatic heterocycles. The Morgan fingerprint density at radius 3 is 3.32 bits per heavy atom. The third-order valence-electron chi connectivity index (χ3n) is 3.37. The van der Waals surface area contributed by atoms with Gasteiger partial charge in [-0.05, 0) is 43.9 Å². The van der Waals surface area contributed by atoms with Crippen molar-refractivity contribution in [2.45, 2.75) is 12.8 Å². The van der Waals surface area contributed by atoms with Gasteiger partial charge in [-0.1, -0.05) is 4.49 Å². The number of nitrogens with zero attached hydrogens (tertiary/aromatic N) is 5. The molecule has 19 heavy (non-hydrogen) atoms. The number of hydrogen-bond donors (Lipinski definition) is 2. The number of anilines is 1. The first-order chi connectivity index (χ1) is 9.36. The van der Waals surface area contributed by atoms with Crippen LogP contribution >= 0.6 is 11.5 Å². The van der Waals surface area contributed by atoms with E-state index in [1.165, 1.54) is 24.4 Å². The summed E-state index contributed by atoms with van der Waals surface area (Å²) in [6, 6.07) is 0. The molecule has 0 aliphatic carbocycles. The molecule has 0 radical (unpaired) electrons. The molecule has 3 heterocycles. The molecule has 1 aliphatic rings. The van der Waals surface area contributed by atoms with Crippen LogP contribution in [0.25, 0.3) is 11.5 Å². The second kappa shape index (κ2) is 5.62. The van der Waals surface area contributed by atoms with E-state index in [2.05, 4.69) is 35.0 Å². The summed E-state index contributed by atoms with van der Waals surface area (Å²) in [5.41, 5.74) is 0.757. The molecule has 0 amide bonds. The Kier molecular flexibility index (Phi) is 3.69. The molecule has 0 bridgehead atoms.